The van der Waals surface area contributed by atoms with E-state index in [1.54, 1.807) is 0 Å². The Kier molecular flexibility index (Phi) is 5.33. The van der Waals surface area contributed by atoms with Gasteiger partial charge in [-0.2, -0.15) is 0 Å². The van der Waals surface area contributed by atoms with E-state index in [0.29, 0.717) is 19.4 Å². The number of hydrogen-bond acceptors (Lipinski definition) is 2. The fourth-order valence-corrected chi connectivity index (χ4v) is 2.13. The summed E-state index contributed by atoms with van der Waals surface area (Å²) in [5, 5.41) is 10.5. The van der Waals surface area contributed by atoms with E-state index in [-0.39, 0.29) is 0 Å². The molecule has 0 aromatic heterocycles. The Hall–Kier alpha value is -1.64. The van der Waals surface area contributed by atoms with Crippen LogP contribution in [-0.4, -0.2) is 10.9 Å². The smallest absolute Gasteiger partial charge is 0.165 e. The summed E-state index contributed by atoms with van der Waals surface area (Å²) in [5.41, 5.74) is 2.31. The van der Waals surface area contributed by atoms with Gasteiger partial charge in [0.2, 0.25) is 0 Å². The van der Waals surface area contributed by atoms with Gasteiger partial charge in [-0.15, -0.1) is 0 Å². The first-order chi connectivity index (χ1) is 9.72. The van der Waals surface area contributed by atoms with Gasteiger partial charge in [-0.25, -0.2) is 0 Å². The summed E-state index contributed by atoms with van der Waals surface area (Å²) in [6.07, 6.45) is 2.02. The third-order valence-corrected chi connectivity index (χ3v) is 3.55. The van der Waals surface area contributed by atoms with Crippen LogP contribution in [0.3, 0.4) is 0 Å². The molecule has 1 atom stereocenters. The average molecular weight is 270 g/mol. The van der Waals surface area contributed by atoms with Gasteiger partial charge >= 0.3 is 0 Å². The first-order valence-corrected chi connectivity index (χ1v) is 7.16. The second kappa shape index (κ2) is 7.22. The van der Waals surface area contributed by atoms with Gasteiger partial charge in [-0.1, -0.05) is 67.6 Å². The van der Waals surface area contributed by atoms with Crippen molar-refractivity contribution >= 4 is 0 Å². The highest BCUT2D eigenvalue weighted by Crippen LogP contribution is 2.21. The van der Waals surface area contributed by atoms with Gasteiger partial charge in [-0.3, -0.25) is 0 Å². The van der Waals surface area contributed by atoms with E-state index in [1.807, 2.05) is 55.5 Å². The predicted octanol–water partition coefficient (Wildman–Crippen LogP) is 3.93. The first-order valence-electron chi connectivity index (χ1n) is 7.16. The number of rotatable bonds is 7. The van der Waals surface area contributed by atoms with E-state index in [1.165, 1.54) is 5.56 Å². The van der Waals surface area contributed by atoms with Crippen molar-refractivity contribution < 1.29 is 9.84 Å². The molecule has 2 nitrogen and oxygen atoms in total. The van der Waals surface area contributed by atoms with E-state index in [0.717, 1.165) is 12.0 Å². The molecule has 0 aliphatic heterocycles. The lowest BCUT2D eigenvalue weighted by Crippen LogP contribution is -2.32. The van der Waals surface area contributed by atoms with Crippen LogP contribution in [0.25, 0.3) is 0 Å². The van der Waals surface area contributed by atoms with Crippen molar-refractivity contribution in [2.45, 2.75) is 38.6 Å². The molecule has 0 amide bonds. The number of hydrogen-bond donors (Lipinski definition) is 1. The van der Waals surface area contributed by atoms with E-state index in [2.05, 4.69) is 12.1 Å². The zero-order chi connectivity index (χ0) is 14.3. The van der Waals surface area contributed by atoms with Crippen LogP contribution in [0.4, 0.5) is 0 Å². The molecule has 2 heteroatoms. The van der Waals surface area contributed by atoms with Crippen LogP contribution in [0.15, 0.2) is 60.7 Å². The molecule has 2 aromatic rings. The molecule has 106 valence electrons. The Morgan fingerprint density at radius 2 is 1.45 bits per heavy atom. The summed E-state index contributed by atoms with van der Waals surface area (Å²) in [4.78, 5) is 0. The van der Waals surface area contributed by atoms with Crippen molar-refractivity contribution in [3.63, 3.8) is 0 Å². The molecule has 2 aromatic carbocycles. The molecule has 20 heavy (non-hydrogen) atoms. The largest absolute Gasteiger partial charge is 0.365 e. The van der Waals surface area contributed by atoms with Gasteiger partial charge in [-0.05, 0) is 24.0 Å². The number of aliphatic hydroxyl groups is 1. The van der Waals surface area contributed by atoms with Crippen molar-refractivity contribution in [1.82, 2.24) is 0 Å². The van der Waals surface area contributed by atoms with Gasteiger partial charge in [0.15, 0.2) is 5.79 Å². The molecular weight excluding hydrogens is 248 g/mol. The summed E-state index contributed by atoms with van der Waals surface area (Å²) in [6.45, 7) is 2.40. The lowest BCUT2D eigenvalue weighted by molar-refractivity contribution is -0.216. The van der Waals surface area contributed by atoms with Crippen LogP contribution in [0.5, 0.6) is 0 Å². The maximum absolute atomic E-state index is 10.5. The van der Waals surface area contributed by atoms with Crippen molar-refractivity contribution in [3.05, 3.63) is 71.8 Å². The molecule has 0 saturated carbocycles. The minimum Gasteiger partial charge on any atom is -0.365 e. The van der Waals surface area contributed by atoms with Crippen LogP contribution < -0.4 is 0 Å². The molecule has 0 heterocycles. The molecule has 0 aliphatic carbocycles. The first kappa shape index (κ1) is 14.8. The molecule has 0 spiro atoms. The van der Waals surface area contributed by atoms with Crippen LogP contribution in [-0.2, 0) is 17.8 Å². The fraction of sp³-hybridized carbons (Fsp3) is 0.333. The Morgan fingerprint density at radius 3 is 2.00 bits per heavy atom. The van der Waals surface area contributed by atoms with Crippen molar-refractivity contribution in [2.24, 2.45) is 0 Å². The molecular formula is C18H22O2. The van der Waals surface area contributed by atoms with Crippen molar-refractivity contribution in [3.8, 4) is 0 Å². The van der Waals surface area contributed by atoms with Crippen molar-refractivity contribution in [2.75, 3.05) is 0 Å². The minimum absolute atomic E-state index is 0.444. The molecule has 0 unspecified atom stereocenters. The summed E-state index contributed by atoms with van der Waals surface area (Å²) < 4.78 is 5.74. The molecule has 0 radical (unpaired) electrons. The number of benzene rings is 2. The minimum atomic E-state index is -1.05. The van der Waals surface area contributed by atoms with E-state index < -0.39 is 5.79 Å². The van der Waals surface area contributed by atoms with Crippen LogP contribution in [0, 0.1) is 0 Å². The maximum Gasteiger partial charge on any atom is 0.165 e. The Labute approximate surface area is 121 Å². The molecule has 0 aliphatic rings. The molecule has 2 rings (SSSR count). The predicted molar refractivity (Wildman–Crippen MR) is 81.2 cm³/mol. The zero-order valence-corrected chi connectivity index (χ0v) is 12.0. The highest BCUT2D eigenvalue weighted by Gasteiger charge is 2.25. The summed E-state index contributed by atoms with van der Waals surface area (Å²) in [5.74, 6) is -1.05. The summed E-state index contributed by atoms with van der Waals surface area (Å²) >= 11 is 0. The fourth-order valence-electron chi connectivity index (χ4n) is 2.13. The molecule has 1 N–H and O–H groups in total. The van der Waals surface area contributed by atoms with Gasteiger partial charge in [0.1, 0.15) is 0 Å². The molecule has 0 fully saturated rings. The highest BCUT2D eigenvalue weighted by atomic mass is 16.6. The van der Waals surface area contributed by atoms with Crippen LogP contribution in [0.2, 0.25) is 0 Å². The van der Waals surface area contributed by atoms with E-state index in [9.17, 15) is 5.11 Å². The van der Waals surface area contributed by atoms with Gasteiger partial charge in [0.05, 0.1) is 6.61 Å². The topological polar surface area (TPSA) is 29.5 Å². The summed E-state index contributed by atoms with van der Waals surface area (Å²) in [6, 6.07) is 20.1. The maximum atomic E-state index is 10.5. The Morgan fingerprint density at radius 1 is 0.900 bits per heavy atom. The Bertz CT molecular complexity index is 450. The van der Waals surface area contributed by atoms with Gasteiger partial charge in [0.25, 0.3) is 0 Å². The van der Waals surface area contributed by atoms with Gasteiger partial charge < -0.3 is 9.84 Å². The normalized spacial score (nSPS) is 13.9. The molecule has 0 saturated heterocycles. The second-order valence-corrected chi connectivity index (χ2v) is 5.06. The van der Waals surface area contributed by atoms with Crippen LogP contribution in [0.1, 0.15) is 30.9 Å². The second-order valence-electron chi connectivity index (χ2n) is 5.06. The zero-order valence-electron chi connectivity index (χ0n) is 12.0. The SMILES string of the molecule is CC[C@@](O)(CCc1ccccc1)OCc1ccccc1. The quantitative estimate of drug-likeness (QED) is 0.772. The average Bonchev–Trinajstić information content (AvgIpc) is 2.53. The van der Waals surface area contributed by atoms with Gasteiger partial charge in [0, 0.05) is 6.42 Å². The lowest BCUT2D eigenvalue weighted by atomic mass is 10.0. The third-order valence-electron chi connectivity index (χ3n) is 3.55. The monoisotopic (exact) mass is 270 g/mol. The lowest BCUT2D eigenvalue weighted by Gasteiger charge is -2.27. The highest BCUT2D eigenvalue weighted by molar-refractivity contribution is 5.15. The number of ether oxygens (including phenoxy) is 1. The Balaban J connectivity index is 1.88. The van der Waals surface area contributed by atoms with E-state index >= 15 is 0 Å². The third kappa shape index (κ3) is 4.48. The molecule has 0 bridgehead atoms. The van der Waals surface area contributed by atoms with Crippen molar-refractivity contribution in [1.29, 1.82) is 0 Å². The summed E-state index contributed by atoms with van der Waals surface area (Å²) in [7, 11) is 0. The number of aryl methyl sites for hydroxylation is 1. The van der Waals surface area contributed by atoms with E-state index in [4.69, 9.17) is 4.74 Å². The van der Waals surface area contributed by atoms with Crippen LogP contribution >= 0.6 is 0 Å². The standard InChI is InChI=1S/C18H22O2/c1-2-18(19,14-13-16-9-5-3-6-10-16)20-15-17-11-7-4-8-12-17/h3-12,19H,2,13-15H2,1H3/t18-/m0/s1.